The lowest BCUT2D eigenvalue weighted by Gasteiger charge is -2.33. The summed E-state index contributed by atoms with van der Waals surface area (Å²) >= 11 is 3.49. The summed E-state index contributed by atoms with van der Waals surface area (Å²) in [5.41, 5.74) is 0.951. The van der Waals surface area contributed by atoms with Gasteiger partial charge in [0.05, 0.1) is 31.3 Å². The highest BCUT2D eigenvalue weighted by Crippen LogP contribution is 2.41. The van der Waals surface area contributed by atoms with Crippen molar-refractivity contribution in [2.24, 2.45) is 5.92 Å². The molecule has 0 aromatic heterocycles. The van der Waals surface area contributed by atoms with Gasteiger partial charge in [-0.3, -0.25) is 4.79 Å². The quantitative estimate of drug-likeness (QED) is 0.515. The average Bonchev–Trinajstić information content (AvgIpc) is 2.61. The summed E-state index contributed by atoms with van der Waals surface area (Å²) in [4.78, 5) is 24.1. The van der Waals surface area contributed by atoms with Gasteiger partial charge in [-0.2, -0.15) is 0 Å². The summed E-state index contributed by atoms with van der Waals surface area (Å²) in [5, 5.41) is 5.27. The predicted molar refractivity (Wildman–Crippen MR) is 100 cm³/mol. The number of unbranched alkanes of at least 4 members (excludes halogenated alkanes) is 1. The van der Waals surface area contributed by atoms with Crippen molar-refractivity contribution in [3.05, 3.63) is 34.4 Å². The lowest BCUT2D eigenvalue weighted by Crippen LogP contribution is -2.51. The van der Waals surface area contributed by atoms with E-state index < -0.39 is 24.0 Å². The summed E-state index contributed by atoms with van der Waals surface area (Å²) in [6.45, 7) is 6.43. The van der Waals surface area contributed by atoms with Crippen LogP contribution in [-0.2, 0) is 9.53 Å². The van der Waals surface area contributed by atoms with Crippen LogP contribution < -0.4 is 20.1 Å². The van der Waals surface area contributed by atoms with Crippen molar-refractivity contribution in [3.63, 3.8) is 0 Å². The topological polar surface area (TPSA) is 85.9 Å². The van der Waals surface area contributed by atoms with Gasteiger partial charge in [0.25, 0.3) is 0 Å². The van der Waals surface area contributed by atoms with Gasteiger partial charge in [-0.25, -0.2) is 4.79 Å². The van der Waals surface area contributed by atoms with E-state index in [9.17, 15) is 9.59 Å². The zero-order chi connectivity index (χ0) is 19.3. The summed E-state index contributed by atoms with van der Waals surface area (Å²) in [7, 11) is 2.83. The molecule has 0 saturated carbocycles. The molecule has 2 atom stereocenters. The van der Waals surface area contributed by atoms with Crippen LogP contribution >= 0.6 is 15.9 Å². The Hall–Kier alpha value is -2.22. The number of hydrogen-bond donors (Lipinski definition) is 2. The zero-order valence-electron chi connectivity index (χ0n) is 15.1. The monoisotopic (exact) mass is 426 g/mol. The second kappa shape index (κ2) is 8.93. The number of halogens is 1. The van der Waals surface area contributed by atoms with Crippen molar-refractivity contribution in [2.75, 3.05) is 20.8 Å². The van der Waals surface area contributed by atoms with E-state index in [1.807, 2.05) is 0 Å². The molecule has 0 unspecified atom stereocenters. The van der Waals surface area contributed by atoms with Gasteiger partial charge in [-0.15, -0.1) is 0 Å². The molecule has 26 heavy (non-hydrogen) atoms. The number of hydrogen-bond acceptors (Lipinski definition) is 5. The Morgan fingerprint density at radius 3 is 2.69 bits per heavy atom. The van der Waals surface area contributed by atoms with Crippen LogP contribution in [-0.4, -0.2) is 32.8 Å². The molecule has 0 bridgehead atoms. The smallest absolute Gasteiger partial charge is 0.319 e. The summed E-state index contributed by atoms with van der Waals surface area (Å²) in [6.07, 6.45) is 1.94. The van der Waals surface area contributed by atoms with Crippen molar-refractivity contribution in [1.82, 2.24) is 10.6 Å². The predicted octanol–water partition coefficient (Wildman–Crippen LogP) is 3.29. The van der Waals surface area contributed by atoms with Crippen LogP contribution in [0.15, 0.2) is 28.9 Å². The number of carbonyl (C=O) groups is 2. The van der Waals surface area contributed by atoms with E-state index in [0.29, 0.717) is 28.1 Å². The van der Waals surface area contributed by atoms with Crippen molar-refractivity contribution in [2.45, 2.75) is 25.8 Å². The van der Waals surface area contributed by atoms with Crippen molar-refractivity contribution in [3.8, 4) is 11.5 Å². The van der Waals surface area contributed by atoms with E-state index in [1.165, 1.54) is 14.2 Å². The number of urea groups is 1. The third kappa shape index (κ3) is 4.30. The highest BCUT2D eigenvalue weighted by molar-refractivity contribution is 9.10. The number of benzene rings is 1. The van der Waals surface area contributed by atoms with E-state index in [2.05, 4.69) is 40.1 Å². The molecule has 0 spiro atoms. The van der Waals surface area contributed by atoms with Gasteiger partial charge in [-0.1, -0.05) is 19.9 Å². The number of ether oxygens (including phenoxy) is 3. The normalized spacial score (nSPS) is 19.4. The Bertz CT molecular complexity index is 707. The summed E-state index contributed by atoms with van der Waals surface area (Å²) < 4.78 is 16.8. The number of esters is 1. The van der Waals surface area contributed by atoms with Gasteiger partial charge in [0, 0.05) is 5.70 Å². The molecule has 1 aliphatic rings. The van der Waals surface area contributed by atoms with Crippen LogP contribution in [0.25, 0.3) is 0 Å². The largest absolute Gasteiger partial charge is 0.493 e. The summed E-state index contributed by atoms with van der Waals surface area (Å²) in [5.74, 6) is -0.169. The van der Waals surface area contributed by atoms with Gasteiger partial charge in [0.1, 0.15) is 5.92 Å². The average molecular weight is 427 g/mol. The summed E-state index contributed by atoms with van der Waals surface area (Å²) in [6, 6.07) is 2.46. The molecule has 1 aromatic carbocycles. The highest BCUT2D eigenvalue weighted by Gasteiger charge is 2.39. The van der Waals surface area contributed by atoms with Crippen LogP contribution in [0.4, 0.5) is 4.79 Å². The number of nitrogens with one attached hydrogen (secondary N) is 2. The second-order valence-corrected chi connectivity index (χ2v) is 6.69. The van der Waals surface area contributed by atoms with E-state index in [1.54, 1.807) is 12.1 Å². The minimum absolute atomic E-state index is 0.281. The van der Waals surface area contributed by atoms with E-state index >= 15 is 0 Å². The molecule has 8 heteroatoms. The zero-order valence-corrected chi connectivity index (χ0v) is 16.6. The molecule has 7 nitrogen and oxygen atoms in total. The lowest BCUT2D eigenvalue weighted by molar-refractivity contribution is -0.145. The Kier molecular flexibility index (Phi) is 6.90. The lowest BCUT2D eigenvalue weighted by atomic mass is 9.89. The molecule has 142 valence electrons. The molecule has 2 amide bonds. The first-order chi connectivity index (χ1) is 12.4. The van der Waals surface area contributed by atoms with E-state index in [0.717, 1.165) is 12.8 Å². The maximum absolute atomic E-state index is 12.2. The fourth-order valence-corrected chi connectivity index (χ4v) is 3.32. The Morgan fingerprint density at radius 2 is 2.08 bits per heavy atom. The molecule has 1 heterocycles. The third-order valence-electron chi connectivity index (χ3n) is 4.08. The molecular formula is C18H23BrN2O5. The van der Waals surface area contributed by atoms with Crippen LogP contribution in [0, 0.1) is 5.92 Å². The molecule has 0 aliphatic carbocycles. The van der Waals surface area contributed by atoms with Crippen LogP contribution in [0.1, 0.15) is 31.4 Å². The fraction of sp³-hybridized carbons (Fsp3) is 0.444. The fourth-order valence-electron chi connectivity index (χ4n) is 2.74. The first kappa shape index (κ1) is 20.1. The molecule has 1 fully saturated rings. The molecular weight excluding hydrogens is 404 g/mol. The van der Waals surface area contributed by atoms with Gasteiger partial charge < -0.3 is 24.8 Å². The maximum Gasteiger partial charge on any atom is 0.319 e. The first-order valence-electron chi connectivity index (χ1n) is 8.27. The number of rotatable bonds is 7. The standard InChI is InChI=1S/C18H23BrN2O5/c1-5-6-7-26-16-12(19)8-11(9-13(16)24-3)15-14(17(22)25-4)10(2)20-18(23)21-15/h8-9,14-15H,2,5-7H2,1,3-4H3,(H2,20,21,23)/t14-,15+/m0/s1. The SMILES string of the molecule is C=C1NC(=O)N[C@H](c2cc(Br)c(OCCCC)c(OC)c2)[C@H]1C(=O)OC. The van der Waals surface area contributed by atoms with E-state index in [4.69, 9.17) is 14.2 Å². The number of amides is 2. The van der Waals surface area contributed by atoms with E-state index in [-0.39, 0.29) is 5.70 Å². The second-order valence-electron chi connectivity index (χ2n) is 5.84. The van der Waals surface area contributed by atoms with Crippen LogP contribution in [0.3, 0.4) is 0 Å². The van der Waals surface area contributed by atoms with Crippen molar-refractivity contribution >= 4 is 27.9 Å². The maximum atomic E-state index is 12.2. The minimum atomic E-state index is -0.763. The molecule has 2 N–H and O–H groups in total. The Balaban J connectivity index is 2.41. The molecule has 0 radical (unpaired) electrons. The number of methoxy groups -OCH3 is 2. The van der Waals surface area contributed by atoms with Gasteiger partial charge >= 0.3 is 12.0 Å². The molecule has 2 rings (SSSR count). The third-order valence-corrected chi connectivity index (χ3v) is 4.67. The highest BCUT2D eigenvalue weighted by atomic mass is 79.9. The Morgan fingerprint density at radius 1 is 1.35 bits per heavy atom. The minimum Gasteiger partial charge on any atom is -0.493 e. The molecule has 1 saturated heterocycles. The first-order valence-corrected chi connectivity index (χ1v) is 9.06. The van der Waals surface area contributed by atoms with Gasteiger partial charge in [-0.05, 0) is 40.0 Å². The Labute approximate surface area is 161 Å². The van der Waals surface area contributed by atoms with Crippen LogP contribution in [0.2, 0.25) is 0 Å². The molecule has 1 aliphatic heterocycles. The van der Waals surface area contributed by atoms with Crippen LogP contribution in [0.5, 0.6) is 11.5 Å². The number of carbonyl (C=O) groups excluding carboxylic acids is 2. The van der Waals surface area contributed by atoms with Crippen molar-refractivity contribution < 1.29 is 23.8 Å². The molecule has 1 aromatic rings. The van der Waals surface area contributed by atoms with Gasteiger partial charge in [0.15, 0.2) is 11.5 Å². The van der Waals surface area contributed by atoms with Crippen molar-refractivity contribution in [1.29, 1.82) is 0 Å². The van der Waals surface area contributed by atoms with Gasteiger partial charge in [0.2, 0.25) is 0 Å².